The van der Waals surface area contributed by atoms with Gasteiger partial charge in [0.05, 0.1) is 0 Å². The van der Waals surface area contributed by atoms with Crippen LogP contribution in [0.15, 0.2) is 41.8 Å². The maximum atomic E-state index is 2.26. The predicted molar refractivity (Wildman–Crippen MR) is 69.9 cm³/mol. The molecular weight excluding hydrogens is 220 g/mol. The van der Waals surface area contributed by atoms with E-state index < -0.39 is 0 Å². The number of fused-ring (bicyclic) bond motifs is 1. The molecule has 74 valence electrons. The number of hydrogen-bond donors (Lipinski definition) is 0. The Morgan fingerprint density at radius 3 is 2.67 bits per heavy atom. The second kappa shape index (κ2) is 3.47. The molecule has 2 aromatic heterocycles. The third-order valence-corrected chi connectivity index (χ3v) is 4.48. The average Bonchev–Trinajstić information content (AvgIpc) is 2.83. The molecule has 0 nitrogen and oxygen atoms in total. The number of hydrogen-bond acceptors (Lipinski definition) is 2. The van der Waals surface area contributed by atoms with E-state index in [1.165, 1.54) is 25.4 Å². The van der Waals surface area contributed by atoms with Gasteiger partial charge in [-0.1, -0.05) is 18.2 Å². The Morgan fingerprint density at radius 2 is 1.87 bits per heavy atom. The standard InChI is InChI=1S/C13H10S2/c1-9-6-7-13(15-9)11-8-14-12-5-3-2-4-10(11)12/h2-8H,1H3. The van der Waals surface area contributed by atoms with Crippen molar-refractivity contribution in [1.29, 1.82) is 0 Å². The maximum absolute atomic E-state index is 2.26. The number of rotatable bonds is 1. The van der Waals surface area contributed by atoms with E-state index in [0.717, 1.165) is 0 Å². The summed E-state index contributed by atoms with van der Waals surface area (Å²) in [6.07, 6.45) is 0. The molecule has 2 heterocycles. The molecule has 0 aliphatic rings. The van der Waals surface area contributed by atoms with Crippen molar-refractivity contribution >= 4 is 32.8 Å². The molecule has 0 amide bonds. The highest BCUT2D eigenvalue weighted by molar-refractivity contribution is 7.19. The summed E-state index contributed by atoms with van der Waals surface area (Å²) < 4.78 is 1.37. The van der Waals surface area contributed by atoms with Crippen LogP contribution in [0.1, 0.15) is 4.88 Å². The molecule has 2 heteroatoms. The van der Waals surface area contributed by atoms with Gasteiger partial charge in [0.15, 0.2) is 0 Å². The Bertz CT molecular complexity index is 602. The first-order valence-electron chi connectivity index (χ1n) is 4.87. The highest BCUT2D eigenvalue weighted by atomic mass is 32.1. The van der Waals surface area contributed by atoms with Crippen LogP contribution in [0.25, 0.3) is 20.5 Å². The fraction of sp³-hybridized carbons (Fsp3) is 0.0769. The van der Waals surface area contributed by atoms with E-state index >= 15 is 0 Å². The molecule has 0 unspecified atom stereocenters. The molecule has 0 saturated heterocycles. The van der Waals surface area contributed by atoms with Crippen molar-refractivity contribution < 1.29 is 0 Å². The van der Waals surface area contributed by atoms with Crippen LogP contribution in [0, 0.1) is 6.92 Å². The Balaban J connectivity index is 2.27. The van der Waals surface area contributed by atoms with Crippen LogP contribution < -0.4 is 0 Å². The van der Waals surface area contributed by atoms with E-state index in [-0.39, 0.29) is 0 Å². The van der Waals surface area contributed by atoms with Crippen LogP contribution in [0.5, 0.6) is 0 Å². The van der Waals surface area contributed by atoms with Gasteiger partial charge in [0.2, 0.25) is 0 Å². The lowest BCUT2D eigenvalue weighted by atomic mass is 10.1. The smallest absolute Gasteiger partial charge is 0.0360 e. The topological polar surface area (TPSA) is 0 Å². The Morgan fingerprint density at radius 1 is 1.00 bits per heavy atom. The quantitative estimate of drug-likeness (QED) is 0.555. The maximum Gasteiger partial charge on any atom is 0.0360 e. The van der Waals surface area contributed by atoms with Crippen LogP contribution >= 0.6 is 22.7 Å². The molecule has 0 aliphatic heterocycles. The van der Waals surface area contributed by atoms with Gasteiger partial charge in [-0.25, -0.2) is 0 Å². The summed E-state index contributed by atoms with van der Waals surface area (Å²) in [7, 11) is 0. The van der Waals surface area contributed by atoms with Crippen LogP contribution in [0.3, 0.4) is 0 Å². The molecule has 0 N–H and O–H groups in total. The molecule has 0 radical (unpaired) electrons. The third kappa shape index (κ3) is 1.50. The summed E-state index contributed by atoms with van der Waals surface area (Å²) in [4.78, 5) is 2.75. The first-order chi connectivity index (χ1) is 7.34. The van der Waals surface area contributed by atoms with Gasteiger partial charge < -0.3 is 0 Å². The van der Waals surface area contributed by atoms with E-state index in [4.69, 9.17) is 0 Å². The van der Waals surface area contributed by atoms with Gasteiger partial charge >= 0.3 is 0 Å². The molecule has 0 aliphatic carbocycles. The zero-order valence-corrected chi connectivity index (χ0v) is 9.99. The monoisotopic (exact) mass is 230 g/mol. The zero-order valence-electron chi connectivity index (χ0n) is 8.36. The third-order valence-electron chi connectivity index (χ3n) is 2.49. The molecular formula is C13H10S2. The van der Waals surface area contributed by atoms with Crippen molar-refractivity contribution in [2.24, 2.45) is 0 Å². The van der Waals surface area contributed by atoms with E-state index in [0.29, 0.717) is 0 Å². The summed E-state index contributed by atoms with van der Waals surface area (Å²) in [6.45, 7) is 2.16. The summed E-state index contributed by atoms with van der Waals surface area (Å²) in [5, 5.41) is 3.64. The van der Waals surface area contributed by atoms with Gasteiger partial charge in [-0.3, -0.25) is 0 Å². The average molecular weight is 230 g/mol. The van der Waals surface area contributed by atoms with Crippen LogP contribution in [-0.2, 0) is 0 Å². The van der Waals surface area contributed by atoms with Crippen LogP contribution in [0.4, 0.5) is 0 Å². The molecule has 0 bridgehead atoms. The minimum atomic E-state index is 1.37. The molecule has 0 spiro atoms. The van der Waals surface area contributed by atoms with Gasteiger partial charge in [-0.05, 0) is 25.1 Å². The molecule has 0 fully saturated rings. The molecule has 15 heavy (non-hydrogen) atoms. The van der Waals surface area contributed by atoms with Crippen molar-refractivity contribution in [2.45, 2.75) is 6.92 Å². The second-order valence-electron chi connectivity index (χ2n) is 3.56. The Kier molecular flexibility index (Phi) is 2.11. The van der Waals surface area contributed by atoms with Crippen molar-refractivity contribution in [3.8, 4) is 10.4 Å². The molecule has 3 aromatic rings. The van der Waals surface area contributed by atoms with Gasteiger partial charge in [0.25, 0.3) is 0 Å². The van der Waals surface area contributed by atoms with Crippen molar-refractivity contribution in [1.82, 2.24) is 0 Å². The van der Waals surface area contributed by atoms with E-state index in [1.54, 1.807) is 0 Å². The summed E-state index contributed by atoms with van der Waals surface area (Å²) in [5.74, 6) is 0. The highest BCUT2D eigenvalue weighted by Crippen LogP contribution is 2.37. The van der Waals surface area contributed by atoms with E-state index in [2.05, 4.69) is 48.7 Å². The van der Waals surface area contributed by atoms with Gasteiger partial charge in [-0.2, -0.15) is 0 Å². The predicted octanol–water partition coefficient (Wildman–Crippen LogP) is 4.94. The van der Waals surface area contributed by atoms with Gasteiger partial charge in [0.1, 0.15) is 0 Å². The lowest BCUT2D eigenvalue weighted by molar-refractivity contribution is 1.64. The molecule has 3 rings (SSSR count). The second-order valence-corrected chi connectivity index (χ2v) is 5.75. The first-order valence-corrected chi connectivity index (χ1v) is 6.57. The SMILES string of the molecule is Cc1ccc(-c2csc3ccccc23)s1. The number of benzene rings is 1. The first kappa shape index (κ1) is 9.13. The van der Waals surface area contributed by atoms with Gasteiger partial charge in [-0.15, -0.1) is 22.7 Å². The van der Waals surface area contributed by atoms with Crippen molar-refractivity contribution in [3.63, 3.8) is 0 Å². The van der Waals surface area contributed by atoms with Crippen LogP contribution in [0.2, 0.25) is 0 Å². The molecule has 0 saturated carbocycles. The van der Waals surface area contributed by atoms with Crippen molar-refractivity contribution in [3.05, 3.63) is 46.7 Å². The lowest BCUT2D eigenvalue weighted by Crippen LogP contribution is -1.67. The van der Waals surface area contributed by atoms with Crippen LogP contribution in [-0.4, -0.2) is 0 Å². The number of thiophene rings is 2. The minimum absolute atomic E-state index is 1.37. The largest absolute Gasteiger partial charge is 0.143 e. The molecule has 0 atom stereocenters. The summed E-state index contributed by atoms with van der Waals surface area (Å²) >= 11 is 3.69. The number of aryl methyl sites for hydroxylation is 1. The Labute approximate surface area is 96.8 Å². The van der Waals surface area contributed by atoms with E-state index in [1.807, 2.05) is 22.7 Å². The van der Waals surface area contributed by atoms with Gasteiger partial charge in [0, 0.05) is 30.8 Å². The fourth-order valence-electron chi connectivity index (χ4n) is 1.75. The minimum Gasteiger partial charge on any atom is -0.143 e. The lowest BCUT2D eigenvalue weighted by Gasteiger charge is -1.93. The molecule has 1 aromatic carbocycles. The summed E-state index contributed by atoms with van der Waals surface area (Å²) in [5.41, 5.74) is 1.38. The Hall–Kier alpha value is -1.12. The normalized spacial score (nSPS) is 11.0. The van der Waals surface area contributed by atoms with Crippen molar-refractivity contribution in [2.75, 3.05) is 0 Å². The van der Waals surface area contributed by atoms with E-state index in [9.17, 15) is 0 Å². The highest BCUT2D eigenvalue weighted by Gasteiger charge is 2.06. The fourth-order valence-corrected chi connectivity index (χ4v) is 3.68. The summed E-state index contributed by atoms with van der Waals surface area (Å²) in [6, 6.07) is 13.0. The zero-order chi connectivity index (χ0) is 10.3.